The quantitative estimate of drug-likeness (QED) is 0.905. The summed E-state index contributed by atoms with van der Waals surface area (Å²) in [4.78, 5) is 18.8. The van der Waals surface area contributed by atoms with E-state index in [4.69, 9.17) is 0 Å². The van der Waals surface area contributed by atoms with E-state index in [1.807, 2.05) is 0 Å². The zero-order valence-electron chi connectivity index (χ0n) is 14.0. The number of rotatable bonds is 4. The van der Waals surface area contributed by atoms with Crippen molar-refractivity contribution in [2.75, 3.05) is 39.3 Å². The van der Waals surface area contributed by atoms with Crippen molar-refractivity contribution >= 4 is 17.3 Å². The van der Waals surface area contributed by atoms with E-state index >= 15 is 0 Å². The van der Waals surface area contributed by atoms with Crippen LogP contribution in [0.1, 0.15) is 19.4 Å². The zero-order chi connectivity index (χ0) is 16.4. The van der Waals surface area contributed by atoms with Crippen LogP contribution in [0.25, 0.3) is 0 Å². The third kappa shape index (κ3) is 4.12. The molecule has 2 aliphatic rings. The fraction of sp³-hybridized carbons (Fsp3) is 0.706. The third-order valence-corrected chi connectivity index (χ3v) is 5.84. The number of carboxylic acids is 1. The van der Waals surface area contributed by atoms with Gasteiger partial charge in [-0.05, 0) is 36.2 Å². The Morgan fingerprint density at radius 2 is 2.13 bits per heavy atom. The summed E-state index contributed by atoms with van der Waals surface area (Å²) in [6.45, 7) is 10.7. The summed E-state index contributed by atoms with van der Waals surface area (Å²) in [5.74, 6) is -0.928. The van der Waals surface area contributed by atoms with Crippen LogP contribution in [0.15, 0.2) is 16.8 Å². The number of aliphatic carboxylic acids is 1. The van der Waals surface area contributed by atoms with Crippen LogP contribution in [0, 0.1) is 5.92 Å². The molecular weight excluding hydrogens is 310 g/mol. The van der Waals surface area contributed by atoms with Crippen LogP contribution in [-0.2, 0) is 11.3 Å². The molecule has 3 rings (SSSR count). The van der Waals surface area contributed by atoms with Gasteiger partial charge in [0, 0.05) is 57.9 Å². The maximum Gasteiger partial charge on any atom is 0.309 e. The van der Waals surface area contributed by atoms with Crippen LogP contribution in [0.2, 0.25) is 0 Å². The average Bonchev–Trinajstić information content (AvgIpc) is 2.92. The second kappa shape index (κ2) is 7.30. The number of fused-ring (bicyclic) bond motifs is 1. The predicted octanol–water partition coefficient (Wildman–Crippen LogP) is 1.66. The predicted molar refractivity (Wildman–Crippen MR) is 92.8 cm³/mol. The molecule has 1 aromatic heterocycles. The molecule has 0 radical (unpaired) electrons. The van der Waals surface area contributed by atoms with Crippen LogP contribution in [-0.4, -0.2) is 77.1 Å². The Bertz CT molecular complexity index is 520. The molecule has 3 heterocycles. The first-order valence-corrected chi connectivity index (χ1v) is 9.41. The van der Waals surface area contributed by atoms with E-state index < -0.39 is 5.97 Å². The standard InChI is InChI=1S/C17H27N3O2S/c1-13(2)20-9-15(17(21)22)8-19-5-4-18(10-16(19)11-20)7-14-3-6-23-12-14/h3,6,12-13,15-16H,4-5,7-11H2,1-2H3,(H,21,22)/t15-,16-/m1/s1. The Morgan fingerprint density at radius 1 is 1.30 bits per heavy atom. The van der Waals surface area contributed by atoms with Gasteiger partial charge in [-0.1, -0.05) is 0 Å². The third-order valence-electron chi connectivity index (χ3n) is 5.11. The fourth-order valence-electron chi connectivity index (χ4n) is 3.70. The molecule has 2 atom stereocenters. The highest BCUT2D eigenvalue weighted by atomic mass is 32.1. The van der Waals surface area contributed by atoms with Gasteiger partial charge >= 0.3 is 5.97 Å². The highest BCUT2D eigenvalue weighted by Crippen LogP contribution is 2.22. The van der Waals surface area contributed by atoms with Crippen LogP contribution in [0.5, 0.6) is 0 Å². The summed E-state index contributed by atoms with van der Waals surface area (Å²) >= 11 is 1.75. The number of piperazine rings is 1. The van der Waals surface area contributed by atoms with Crippen molar-refractivity contribution in [3.8, 4) is 0 Å². The van der Waals surface area contributed by atoms with Crippen LogP contribution >= 0.6 is 11.3 Å². The van der Waals surface area contributed by atoms with Crippen molar-refractivity contribution < 1.29 is 9.90 Å². The van der Waals surface area contributed by atoms with Gasteiger partial charge in [0.2, 0.25) is 0 Å². The summed E-state index contributed by atoms with van der Waals surface area (Å²) in [7, 11) is 0. The minimum atomic E-state index is -0.656. The Labute approximate surface area is 142 Å². The highest BCUT2D eigenvalue weighted by Gasteiger charge is 2.36. The molecule has 0 bridgehead atoms. The molecule has 0 amide bonds. The van der Waals surface area contributed by atoms with Gasteiger partial charge in [0.25, 0.3) is 0 Å². The maximum absolute atomic E-state index is 11.6. The zero-order valence-corrected chi connectivity index (χ0v) is 14.8. The van der Waals surface area contributed by atoms with Gasteiger partial charge in [-0.15, -0.1) is 0 Å². The van der Waals surface area contributed by atoms with Crippen molar-refractivity contribution in [3.05, 3.63) is 22.4 Å². The first-order chi connectivity index (χ1) is 11.0. The molecule has 0 unspecified atom stereocenters. The van der Waals surface area contributed by atoms with E-state index in [0.717, 1.165) is 32.7 Å². The van der Waals surface area contributed by atoms with Gasteiger partial charge < -0.3 is 5.11 Å². The highest BCUT2D eigenvalue weighted by molar-refractivity contribution is 7.07. The summed E-state index contributed by atoms with van der Waals surface area (Å²) in [5.41, 5.74) is 1.39. The second-order valence-electron chi connectivity index (χ2n) is 7.10. The molecule has 128 valence electrons. The number of thiophene rings is 1. The normalized spacial score (nSPS) is 27.8. The summed E-state index contributed by atoms with van der Waals surface area (Å²) < 4.78 is 0. The number of hydrogen-bond acceptors (Lipinski definition) is 5. The summed E-state index contributed by atoms with van der Waals surface area (Å²) in [5, 5.41) is 13.9. The lowest BCUT2D eigenvalue weighted by atomic mass is 10.1. The fourth-order valence-corrected chi connectivity index (χ4v) is 4.36. The molecule has 1 N–H and O–H groups in total. The van der Waals surface area contributed by atoms with E-state index in [9.17, 15) is 9.90 Å². The molecule has 0 spiro atoms. The monoisotopic (exact) mass is 337 g/mol. The van der Waals surface area contributed by atoms with E-state index in [1.54, 1.807) is 11.3 Å². The Kier molecular flexibility index (Phi) is 5.36. The van der Waals surface area contributed by atoms with Crippen molar-refractivity contribution in [3.63, 3.8) is 0 Å². The SMILES string of the molecule is CC(C)N1C[C@H](C(=O)O)CN2CCN(Cc3ccsc3)C[C@@H]2C1. The molecule has 2 fully saturated rings. The largest absolute Gasteiger partial charge is 0.481 e. The van der Waals surface area contributed by atoms with Gasteiger partial charge in [0.15, 0.2) is 0 Å². The average molecular weight is 337 g/mol. The van der Waals surface area contributed by atoms with Gasteiger partial charge in [-0.25, -0.2) is 0 Å². The first kappa shape index (κ1) is 16.9. The molecule has 2 saturated heterocycles. The topological polar surface area (TPSA) is 47.0 Å². The van der Waals surface area contributed by atoms with Crippen molar-refractivity contribution in [1.29, 1.82) is 0 Å². The van der Waals surface area contributed by atoms with E-state index in [0.29, 0.717) is 25.2 Å². The van der Waals surface area contributed by atoms with Crippen molar-refractivity contribution in [1.82, 2.24) is 14.7 Å². The lowest BCUT2D eigenvalue weighted by molar-refractivity contribution is -0.142. The van der Waals surface area contributed by atoms with Gasteiger partial charge in [-0.3, -0.25) is 19.5 Å². The second-order valence-corrected chi connectivity index (χ2v) is 7.88. The van der Waals surface area contributed by atoms with E-state index in [2.05, 4.69) is 45.4 Å². The number of carbonyl (C=O) groups is 1. The van der Waals surface area contributed by atoms with Crippen LogP contribution in [0.3, 0.4) is 0 Å². The molecule has 0 aromatic carbocycles. The first-order valence-electron chi connectivity index (χ1n) is 8.47. The lowest BCUT2D eigenvalue weighted by Gasteiger charge is -2.41. The molecule has 1 aromatic rings. The van der Waals surface area contributed by atoms with Gasteiger partial charge in [0.05, 0.1) is 5.92 Å². The molecular formula is C17H27N3O2S. The molecule has 0 aliphatic carbocycles. The lowest BCUT2D eigenvalue weighted by Crippen LogP contribution is -2.56. The van der Waals surface area contributed by atoms with Gasteiger partial charge in [0.1, 0.15) is 0 Å². The molecule has 5 nitrogen and oxygen atoms in total. The van der Waals surface area contributed by atoms with Crippen LogP contribution < -0.4 is 0 Å². The van der Waals surface area contributed by atoms with Crippen LogP contribution in [0.4, 0.5) is 0 Å². The molecule has 0 saturated carbocycles. The van der Waals surface area contributed by atoms with E-state index in [-0.39, 0.29) is 5.92 Å². The minimum absolute atomic E-state index is 0.272. The number of hydrogen-bond donors (Lipinski definition) is 1. The smallest absolute Gasteiger partial charge is 0.309 e. The Hall–Kier alpha value is -0.950. The minimum Gasteiger partial charge on any atom is -0.481 e. The Balaban J connectivity index is 1.68. The van der Waals surface area contributed by atoms with Gasteiger partial charge in [-0.2, -0.15) is 11.3 Å². The molecule has 23 heavy (non-hydrogen) atoms. The maximum atomic E-state index is 11.6. The summed E-state index contributed by atoms with van der Waals surface area (Å²) in [6, 6.07) is 3.03. The number of carboxylic acid groups (broad SMARTS) is 1. The Morgan fingerprint density at radius 3 is 2.78 bits per heavy atom. The molecule has 2 aliphatic heterocycles. The van der Waals surface area contributed by atoms with E-state index in [1.165, 1.54) is 5.56 Å². The molecule has 6 heteroatoms. The van der Waals surface area contributed by atoms with Crippen molar-refractivity contribution in [2.24, 2.45) is 5.92 Å². The van der Waals surface area contributed by atoms with Crippen molar-refractivity contribution in [2.45, 2.75) is 32.5 Å². The summed E-state index contributed by atoms with van der Waals surface area (Å²) in [6.07, 6.45) is 0. The number of nitrogens with zero attached hydrogens (tertiary/aromatic N) is 3.